The molecule has 2 aliphatic carbocycles. The first-order chi connectivity index (χ1) is 14.0. The van der Waals surface area contributed by atoms with Crippen molar-refractivity contribution in [3.8, 4) is 5.75 Å². The lowest BCUT2D eigenvalue weighted by Gasteiger charge is -2.20. The normalized spacial score (nSPS) is 26.0. The minimum atomic E-state index is -0.299. The van der Waals surface area contributed by atoms with E-state index in [-0.39, 0.29) is 30.4 Å². The van der Waals surface area contributed by atoms with Gasteiger partial charge in [0.1, 0.15) is 11.6 Å². The van der Waals surface area contributed by atoms with Crippen LogP contribution in [0.3, 0.4) is 0 Å². The van der Waals surface area contributed by atoms with Crippen molar-refractivity contribution in [1.82, 2.24) is 10.3 Å². The maximum Gasteiger partial charge on any atom is 0.223 e. The Morgan fingerprint density at radius 1 is 1.38 bits per heavy atom. The molecule has 5 atom stereocenters. The molecule has 0 aliphatic heterocycles. The molecule has 3 unspecified atom stereocenters. The van der Waals surface area contributed by atoms with Crippen LogP contribution in [0.4, 0.5) is 4.39 Å². The molecule has 0 spiro atoms. The summed E-state index contributed by atoms with van der Waals surface area (Å²) in [6, 6.07) is 6.32. The van der Waals surface area contributed by atoms with Gasteiger partial charge in [-0.15, -0.1) is 0 Å². The summed E-state index contributed by atoms with van der Waals surface area (Å²) in [5.74, 6) is 1.85. The van der Waals surface area contributed by atoms with E-state index in [1.807, 2.05) is 6.92 Å². The second-order valence-electron chi connectivity index (χ2n) is 8.32. The number of nitrogens with zero attached hydrogens (tertiary/aromatic N) is 1. The highest BCUT2D eigenvalue weighted by Crippen LogP contribution is 2.61. The fourth-order valence-corrected chi connectivity index (χ4v) is 4.83. The third-order valence-corrected chi connectivity index (χ3v) is 6.42. The predicted molar refractivity (Wildman–Crippen MR) is 109 cm³/mol. The lowest BCUT2D eigenvalue weighted by Crippen LogP contribution is -2.32. The number of aromatic nitrogens is 1. The molecule has 4 rings (SSSR count). The fraction of sp³-hybridized carbons (Fsp3) is 0.478. The molecule has 1 aromatic heterocycles. The topological polar surface area (TPSA) is 71.5 Å². The molecule has 2 aliphatic rings. The molecular weight excluding hydrogens is 371 g/mol. The molecule has 154 valence electrons. The lowest BCUT2D eigenvalue weighted by atomic mass is 9.97. The van der Waals surface area contributed by atoms with Gasteiger partial charge in [0.05, 0.1) is 18.2 Å². The summed E-state index contributed by atoms with van der Waals surface area (Å²) >= 11 is 0. The Morgan fingerprint density at radius 3 is 2.86 bits per heavy atom. The van der Waals surface area contributed by atoms with Crippen LogP contribution in [0.2, 0.25) is 0 Å². The van der Waals surface area contributed by atoms with Crippen molar-refractivity contribution >= 4 is 16.8 Å². The number of pyridine rings is 1. The number of carbonyl (C=O) groups excluding carboxylic acids is 1. The zero-order valence-corrected chi connectivity index (χ0v) is 16.6. The van der Waals surface area contributed by atoms with Crippen LogP contribution in [-0.4, -0.2) is 35.3 Å². The molecule has 0 saturated heterocycles. The Hall–Kier alpha value is -2.47. The molecule has 0 radical (unpaired) electrons. The second-order valence-corrected chi connectivity index (χ2v) is 8.32. The maximum atomic E-state index is 13.6. The van der Waals surface area contributed by atoms with Crippen molar-refractivity contribution in [2.75, 3.05) is 13.2 Å². The van der Waals surface area contributed by atoms with Crippen LogP contribution < -0.4 is 10.1 Å². The fourth-order valence-electron chi connectivity index (χ4n) is 4.83. The van der Waals surface area contributed by atoms with Crippen LogP contribution >= 0.6 is 0 Å². The minimum Gasteiger partial charge on any atom is -0.490 e. The van der Waals surface area contributed by atoms with E-state index < -0.39 is 0 Å². The molecule has 2 saturated carbocycles. The molecular formula is C23H27FN2O3. The first kappa shape index (κ1) is 19.8. The van der Waals surface area contributed by atoms with Crippen LogP contribution in [0.25, 0.3) is 10.9 Å². The van der Waals surface area contributed by atoms with E-state index in [4.69, 9.17) is 9.84 Å². The number of hydrogen-bond donors (Lipinski definition) is 2. The molecule has 6 heteroatoms. The molecule has 29 heavy (non-hydrogen) atoms. The van der Waals surface area contributed by atoms with E-state index in [0.717, 1.165) is 23.9 Å². The number of hydrogen-bond acceptors (Lipinski definition) is 4. The highest BCUT2D eigenvalue weighted by molar-refractivity contribution is 5.84. The van der Waals surface area contributed by atoms with Gasteiger partial charge in [-0.05, 0) is 61.3 Å². The number of aliphatic hydroxyl groups is 1. The number of nitrogens with one attached hydrogen (secondary N) is 1. The first-order valence-electron chi connectivity index (χ1n) is 10.2. The van der Waals surface area contributed by atoms with E-state index in [1.54, 1.807) is 18.3 Å². The van der Waals surface area contributed by atoms with Crippen LogP contribution in [0.15, 0.2) is 42.6 Å². The number of halogens is 1. The van der Waals surface area contributed by atoms with Crippen molar-refractivity contribution in [1.29, 1.82) is 0 Å². The third-order valence-electron chi connectivity index (χ3n) is 6.42. The third kappa shape index (κ3) is 4.13. The molecule has 5 nitrogen and oxygen atoms in total. The average Bonchev–Trinajstić information content (AvgIpc) is 3.22. The molecule has 0 bridgehead atoms. The van der Waals surface area contributed by atoms with Crippen molar-refractivity contribution in [2.24, 2.45) is 23.7 Å². The zero-order valence-electron chi connectivity index (χ0n) is 16.6. The van der Waals surface area contributed by atoms with Gasteiger partial charge in [-0.1, -0.05) is 19.1 Å². The van der Waals surface area contributed by atoms with Gasteiger partial charge in [-0.3, -0.25) is 9.78 Å². The van der Waals surface area contributed by atoms with Crippen molar-refractivity contribution in [2.45, 2.75) is 32.3 Å². The van der Waals surface area contributed by atoms with E-state index in [0.29, 0.717) is 41.9 Å². The summed E-state index contributed by atoms with van der Waals surface area (Å²) < 4.78 is 19.8. The largest absolute Gasteiger partial charge is 0.490 e. The zero-order chi connectivity index (χ0) is 20.5. The summed E-state index contributed by atoms with van der Waals surface area (Å²) in [7, 11) is 0. The number of amides is 1. The summed E-state index contributed by atoms with van der Waals surface area (Å²) in [6.07, 6.45) is 4.23. The number of fused-ring (bicyclic) bond motifs is 2. The number of rotatable bonds is 8. The quantitative estimate of drug-likeness (QED) is 0.668. The number of benzene rings is 1. The Bertz CT molecular complexity index is 919. The second kappa shape index (κ2) is 8.11. The van der Waals surface area contributed by atoms with Gasteiger partial charge in [0.2, 0.25) is 5.91 Å². The van der Waals surface area contributed by atoms with Crippen LogP contribution in [0.1, 0.15) is 26.2 Å². The maximum absolute atomic E-state index is 13.6. The molecule has 2 aromatic rings. The summed E-state index contributed by atoms with van der Waals surface area (Å²) in [5.41, 5.74) is 1.45. The highest BCUT2D eigenvalue weighted by atomic mass is 19.1. The van der Waals surface area contributed by atoms with Crippen molar-refractivity contribution in [3.05, 3.63) is 48.4 Å². The molecule has 1 heterocycles. The highest BCUT2D eigenvalue weighted by Gasteiger charge is 2.59. The first-order valence-corrected chi connectivity index (χ1v) is 10.2. The van der Waals surface area contributed by atoms with Gasteiger partial charge in [0, 0.05) is 24.0 Å². The summed E-state index contributed by atoms with van der Waals surface area (Å²) in [4.78, 5) is 16.7. The number of carbonyl (C=O) groups is 1. The van der Waals surface area contributed by atoms with Gasteiger partial charge in [0.25, 0.3) is 0 Å². The number of aliphatic hydroxyl groups excluding tert-OH is 1. The van der Waals surface area contributed by atoms with E-state index in [9.17, 15) is 9.18 Å². The Balaban J connectivity index is 1.30. The van der Waals surface area contributed by atoms with E-state index in [1.165, 1.54) is 12.1 Å². The van der Waals surface area contributed by atoms with Crippen molar-refractivity contribution < 1.29 is 19.0 Å². The Kier molecular flexibility index (Phi) is 5.54. The molecule has 1 aromatic carbocycles. The van der Waals surface area contributed by atoms with Gasteiger partial charge in [-0.2, -0.15) is 0 Å². The standard InChI is InChI=1S/C23H27FN2O3/c1-13(12-27)5-7-26-23(28)14(2)22-17-10-16(11-18(17)22)29-21-6-8-25-20-4-3-15(24)9-19(20)21/h3-4,6,8-9,14,16-18,22,27H,1,5,7,10-12H2,2H3,(H,26,28)/t14?,16?,17-,18+,22?. The summed E-state index contributed by atoms with van der Waals surface area (Å²) in [6.45, 7) is 6.20. The van der Waals surface area contributed by atoms with E-state index >= 15 is 0 Å². The van der Waals surface area contributed by atoms with Crippen molar-refractivity contribution in [3.63, 3.8) is 0 Å². The SMILES string of the molecule is C=C(CO)CCNC(=O)C(C)C1[C@H]2CC(Oc3ccnc4ccc(F)cc34)C[C@@H]12. The van der Waals surface area contributed by atoms with Crippen LogP contribution in [0.5, 0.6) is 5.75 Å². The minimum absolute atomic E-state index is 0.0239. The van der Waals surface area contributed by atoms with Gasteiger partial charge >= 0.3 is 0 Å². The van der Waals surface area contributed by atoms with Crippen LogP contribution in [0, 0.1) is 29.5 Å². The Labute approximate surface area is 170 Å². The molecule has 1 amide bonds. The average molecular weight is 398 g/mol. The van der Waals surface area contributed by atoms with E-state index in [2.05, 4.69) is 16.9 Å². The van der Waals surface area contributed by atoms with Crippen LogP contribution in [-0.2, 0) is 4.79 Å². The summed E-state index contributed by atoms with van der Waals surface area (Å²) in [5, 5.41) is 12.6. The van der Waals surface area contributed by atoms with Gasteiger partial charge in [-0.25, -0.2) is 4.39 Å². The molecule has 2 fully saturated rings. The van der Waals surface area contributed by atoms with Gasteiger partial charge < -0.3 is 15.2 Å². The Morgan fingerprint density at radius 2 is 2.14 bits per heavy atom. The predicted octanol–water partition coefficient (Wildman–Crippen LogP) is 3.47. The number of ether oxygens (including phenoxy) is 1. The monoisotopic (exact) mass is 398 g/mol. The lowest BCUT2D eigenvalue weighted by molar-refractivity contribution is -0.125. The smallest absolute Gasteiger partial charge is 0.223 e. The van der Waals surface area contributed by atoms with Gasteiger partial charge in [0.15, 0.2) is 0 Å². The molecule has 2 N–H and O–H groups in total.